The summed E-state index contributed by atoms with van der Waals surface area (Å²) in [6, 6.07) is 22.8. The molecule has 226 valence electrons. The van der Waals surface area contributed by atoms with E-state index in [1.165, 1.54) is 7.11 Å². The number of aryl methyl sites for hydroxylation is 1. The molecule has 1 fully saturated rings. The number of methoxy groups -OCH3 is 3. The Labute approximate surface area is 255 Å². The number of hydrogen-bond donors (Lipinski definition) is 1. The van der Waals surface area contributed by atoms with Crippen molar-refractivity contribution >= 4 is 23.8 Å². The summed E-state index contributed by atoms with van der Waals surface area (Å²) >= 11 is 0. The van der Waals surface area contributed by atoms with E-state index in [-0.39, 0.29) is 12.4 Å². The van der Waals surface area contributed by atoms with E-state index in [1.807, 2.05) is 79.7 Å². The molecule has 3 heterocycles. The number of fused-ring (bicyclic) bond motifs is 1. The number of benzene rings is 3. The van der Waals surface area contributed by atoms with Gasteiger partial charge in [0.1, 0.15) is 41.5 Å². The van der Waals surface area contributed by atoms with Crippen LogP contribution in [0.15, 0.2) is 99.4 Å². The molecule has 3 aliphatic rings. The Balaban J connectivity index is 1.41. The normalized spacial score (nSPS) is 23.8. The Morgan fingerprint density at radius 1 is 0.909 bits per heavy atom. The van der Waals surface area contributed by atoms with Crippen LogP contribution in [0.5, 0.6) is 11.5 Å². The number of rotatable bonds is 10. The molecule has 10 heteroatoms. The first-order chi connectivity index (χ1) is 21.4. The van der Waals surface area contributed by atoms with Gasteiger partial charge in [-0.05, 0) is 59.5 Å². The zero-order chi connectivity index (χ0) is 30.8. The molecule has 1 N–H and O–H groups in total. The minimum absolute atomic E-state index is 0.0262. The largest absolute Gasteiger partial charge is 0.497 e. The first-order valence-electron chi connectivity index (χ1n) is 14.2. The standard InChI is InChI=1S/C34H33N3O7/c1-20-18-24(41-3)14-15-26(20)34(21-8-6-5-7-9-21,22-10-12-23(40-2)13-11-22)43-19-27-29(38)31(42-4)30(44-27)28-25-16-17-35-32(25)37-33(39)36-28/h5-18,27,29-31,38H,19H2,1-4H3/t27-,29+,30?,31-,34?/m1/s1. The third-order valence-electron chi connectivity index (χ3n) is 8.21. The molecular formula is C34H33N3O7. The van der Waals surface area contributed by atoms with Crippen LogP contribution in [0, 0.1) is 6.92 Å². The van der Waals surface area contributed by atoms with E-state index in [0.29, 0.717) is 17.0 Å². The minimum atomic E-state index is -1.12. The molecule has 3 aliphatic heterocycles. The number of nitrogens with zero attached hydrogens (tertiary/aromatic N) is 3. The average molecular weight is 596 g/mol. The molecule has 3 aromatic rings. The first-order valence-corrected chi connectivity index (χ1v) is 14.2. The van der Waals surface area contributed by atoms with Crippen molar-refractivity contribution in [1.82, 2.24) is 0 Å². The molecule has 0 aromatic heterocycles. The van der Waals surface area contributed by atoms with Crippen molar-refractivity contribution in [2.75, 3.05) is 27.9 Å². The lowest BCUT2D eigenvalue weighted by atomic mass is 9.78. The number of aliphatic imine (C=N–C) groups is 3. The molecule has 44 heavy (non-hydrogen) atoms. The number of hydrogen-bond acceptors (Lipinski definition) is 8. The number of aliphatic hydroxyl groups excluding tert-OH is 1. The maximum Gasteiger partial charge on any atom is 0.369 e. The third kappa shape index (κ3) is 5.16. The SMILES string of the molecule is COc1ccc(C(OC[C@H]2OC(C3=NC(=O)N=C4N=CC=C43)[C@H](OC)[C@H]2O)(c2ccccc2)c2ccc(OC)cc2C)cc1. The molecule has 0 bridgehead atoms. The van der Waals surface area contributed by atoms with Gasteiger partial charge in [0.25, 0.3) is 0 Å². The number of amidine groups is 1. The van der Waals surface area contributed by atoms with E-state index in [1.54, 1.807) is 26.5 Å². The summed E-state index contributed by atoms with van der Waals surface area (Å²) < 4.78 is 30.1. The van der Waals surface area contributed by atoms with Crippen molar-refractivity contribution in [3.63, 3.8) is 0 Å². The molecule has 1 saturated heterocycles. The summed E-state index contributed by atoms with van der Waals surface area (Å²) in [5.41, 5.74) is 3.33. The highest BCUT2D eigenvalue weighted by atomic mass is 16.6. The summed E-state index contributed by atoms with van der Waals surface area (Å²) in [6.07, 6.45) is -0.308. The third-order valence-corrected chi connectivity index (χ3v) is 8.21. The van der Waals surface area contributed by atoms with Crippen LogP contribution >= 0.6 is 0 Å². The molecule has 0 radical (unpaired) electrons. The van der Waals surface area contributed by atoms with Crippen molar-refractivity contribution < 1.29 is 33.6 Å². The van der Waals surface area contributed by atoms with Gasteiger partial charge in [-0.25, -0.2) is 9.79 Å². The zero-order valence-electron chi connectivity index (χ0n) is 24.8. The molecule has 10 nitrogen and oxygen atoms in total. The first kappa shape index (κ1) is 29.6. The van der Waals surface area contributed by atoms with E-state index < -0.39 is 36.0 Å². The van der Waals surface area contributed by atoms with E-state index in [0.717, 1.165) is 28.0 Å². The summed E-state index contributed by atoms with van der Waals surface area (Å²) in [5.74, 6) is 1.70. The highest BCUT2D eigenvalue weighted by Gasteiger charge is 2.50. The number of urea groups is 1. The number of allylic oxidation sites excluding steroid dienone is 1. The molecule has 3 aromatic carbocycles. The van der Waals surface area contributed by atoms with Gasteiger partial charge < -0.3 is 28.8 Å². The quantitative estimate of drug-likeness (QED) is 0.344. The maximum absolute atomic E-state index is 12.3. The second-order valence-electron chi connectivity index (χ2n) is 10.6. The molecule has 2 amide bonds. The Morgan fingerprint density at radius 2 is 1.61 bits per heavy atom. The van der Waals surface area contributed by atoms with E-state index in [4.69, 9.17) is 23.7 Å². The second kappa shape index (κ2) is 12.3. The number of amides is 2. The summed E-state index contributed by atoms with van der Waals surface area (Å²) in [6.45, 7) is 1.98. The smallest absolute Gasteiger partial charge is 0.369 e. The van der Waals surface area contributed by atoms with Gasteiger partial charge in [0, 0.05) is 18.9 Å². The minimum Gasteiger partial charge on any atom is -0.497 e. The highest BCUT2D eigenvalue weighted by Crippen LogP contribution is 2.44. The summed E-state index contributed by atoms with van der Waals surface area (Å²) in [5, 5.41) is 11.5. The van der Waals surface area contributed by atoms with Crippen molar-refractivity contribution in [3.8, 4) is 11.5 Å². The van der Waals surface area contributed by atoms with E-state index in [9.17, 15) is 9.90 Å². The predicted octanol–water partition coefficient (Wildman–Crippen LogP) is 4.45. The van der Waals surface area contributed by atoms with Crippen LogP contribution in [0.2, 0.25) is 0 Å². The summed E-state index contributed by atoms with van der Waals surface area (Å²) in [7, 11) is 4.74. The van der Waals surface area contributed by atoms with Gasteiger partial charge in [-0.1, -0.05) is 48.5 Å². The molecule has 0 spiro atoms. The molecular weight excluding hydrogens is 562 g/mol. The molecule has 6 rings (SSSR count). The van der Waals surface area contributed by atoms with Gasteiger partial charge in [-0.3, -0.25) is 0 Å². The van der Waals surface area contributed by atoms with Crippen molar-refractivity contribution in [2.45, 2.75) is 36.9 Å². The van der Waals surface area contributed by atoms with Gasteiger partial charge in [-0.15, -0.1) is 0 Å². The van der Waals surface area contributed by atoms with Gasteiger partial charge in [0.15, 0.2) is 5.84 Å². The van der Waals surface area contributed by atoms with Crippen LogP contribution in [0.4, 0.5) is 4.79 Å². The predicted molar refractivity (Wildman–Crippen MR) is 165 cm³/mol. The topological polar surface area (TPSA) is 121 Å². The Hall–Kier alpha value is -4.48. The van der Waals surface area contributed by atoms with Crippen LogP contribution in [-0.4, -0.2) is 81.3 Å². The fraction of sp³-hybridized carbons (Fsp3) is 0.294. The molecule has 2 unspecified atom stereocenters. The Bertz CT molecular complexity index is 1670. The number of aliphatic hydroxyl groups is 1. The fourth-order valence-electron chi connectivity index (χ4n) is 6.06. The monoisotopic (exact) mass is 595 g/mol. The average Bonchev–Trinajstić information content (AvgIpc) is 3.65. The lowest BCUT2D eigenvalue weighted by Gasteiger charge is -2.38. The van der Waals surface area contributed by atoms with E-state index >= 15 is 0 Å². The lowest BCUT2D eigenvalue weighted by Crippen LogP contribution is -2.41. The Morgan fingerprint density at radius 3 is 2.30 bits per heavy atom. The van der Waals surface area contributed by atoms with Gasteiger partial charge in [-0.2, -0.15) is 9.98 Å². The number of ether oxygens (including phenoxy) is 5. The van der Waals surface area contributed by atoms with Crippen molar-refractivity contribution in [2.24, 2.45) is 15.0 Å². The van der Waals surface area contributed by atoms with Gasteiger partial charge in [0.05, 0.1) is 26.5 Å². The van der Waals surface area contributed by atoms with Crippen LogP contribution in [0.25, 0.3) is 0 Å². The second-order valence-corrected chi connectivity index (χ2v) is 10.6. The maximum atomic E-state index is 12.3. The molecule has 0 saturated carbocycles. The van der Waals surface area contributed by atoms with Gasteiger partial charge in [0.2, 0.25) is 0 Å². The number of carbonyl (C=O) groups is 1. The van der Waals surface area contributed by atoms with Crippen LogP contribution in [0.3, 0.4) is 0 Å². The lowest BCUT2D eigenvalue weighted by molar-refractivity contribution is -0.0768. The zero-order valence-corrected chi connectivity index (χ0v) is 24.8. The Kier molecular flexibility index (Phi) is 8.24. The number of carbonyl (C=O) groups excluding carboxylic acids is 1. The fourth-order valence-corrected chi connectivity index (χ4v) is 6.06. The van der Waals surface area contributed by atoms with Crippen molar-refractivity contribution in [1.29, 1.82) is 0 Å². The van der Waals surface area contributed by atoms with E-state index in [2.05, 4.69) is 15.0 Å². The highest BCUT2D eigenvalue weighted by molar-refractivity contribution is 6.35. The van der Waals surface area contributed by atoms with Gasteiger partial charge >= 0.3 is 6.03 Å². The van der Waals surface area contributed by atoms with Crippen LogP contribution < -0.4 is 9.47 Å². The van der Waals surface area contributed by atoms with Crippen molar-refractivity contribution in [3.05, 3.63) is 107 Å². The molecule has 5 atom stereocenters. The van der Waals surface area contributed by atoms with Crippen LogP contribution in [-0.2, 0) is 19.8 Å². The molecule has 0 aliphatic carbocycles. The summed E-state index contributed by atoms with van der Waals surface area (Å²) in [4.78, 5) is 24.5. The van der Waals surface area contributed by atoms with Crippen LogP contribution in [0.1, 0.15) is 22.3 Å².